The van der Waals surface area contributed by atoms with Crippen LogP contribution in [0.4, 0.5) is 4.39 Å². The number of rotatable bonds is 10. The highest BCUT2D eigenvalue weighted by Gasteiger charge is 2.31. The molecule has 0 spiro atoms. The van der Waals surface area contributed by atoms with Gasteiger partial charge in [0.2, 0.25) is 5.91 Å². The van der Waals surface area contributed by atoms with E-state index in [0.717, 1.165) is 11.1 Å². The van der Waals surface area contributed by atoms with Crippen molar-refractivity contribution in [3.8, 4) is 5.75 Å². The first-order valence-corrected chi connectivity index (χ1v) is 11.0. The average molecular weight is 449 g/mol. The lowest BCUT2D eigenvalue weighted by Crippen LogP contribution is -2.52. The highest BCUT2D eigenvalue weighted by molar-refractivity contribution is 5.88. The normalized spacial score (nSPS) is 11.6. The monoisotopic (exact) mass is 448 g/mol. The smallest absolute Gasteiger partial charge is 0.261 e. The molecule has 6 heteroatoms. The lowest BCUT2D eigenvalue weighted by molar-refractivity contribution is -0.143. The van der Waals surface area contributed by atoms with Crippen LogP contribution < -0.4 is 10.1 Å². The summed E-state index contributed by atoms with van der Waals surface area (Å²) < 4.78 is 19.5. The molecule has 5 nitrogen and oxygen atoms in total. The predicted octanol–water partition coefficient (Wildman–Crippen LogP) is 4.37. The van der Waals surface area contributed by atoms with Gasteiger partial charge in [0.05, 0.1) is 0 Å². The number of amides is 2. The standard InChI is InChI=1S/C27H29FN2O3/c1-20(2)29-27(32)24(17-21-11-5-3-6-12-21)30(18-22-13-7-4-8-14-22)26(31)19-33-25-16-10-9-15-23(25)28/h3-16,20,24H,17-19H2,1-2H3,(H,29,32)/t24-/m1/s1. The van der Waals surface area contributed by atoms with Gasteiger partial charge in [-0.25, -0.2) is 4.39 Å². The second kappa shape index (κ2) is 11.8. The van der Waals surface area contributed by atoms with E-state index < -0.39 is 17.8 Å². The third-order valence-electron chi connectivity index (χ3n) is 5.09. The van der Waals surface area contributed by atoms with Crippen LogP contribution in [-0.2, 0) is 22.6 Å². The topological polar surface area (TPSA) is 58.6 Å². The lowest BCUT2D eigenvalue weighted by atomic mass is 10.0. The summed E-state index contributed by atoms with van der Waals surface area (Å²) in [7, 11) is 0. The first-order chi connectivity index (χ1) is 15.9. The van der Waals surface area contributed by atoms with Crippen LogP contribution >= 0.6 is 0 Å². The van der Waals surface area contributed by atoms with Gasteiger partial charge < -0.3 is 15.0 Å². The Morgan fingerprint density at radius 1 is 0.879 bits per heavy atom. The molecule has 1 atom stereocenters. The van der Waals surface area contributed by atoms with Crippen molar-refractivity contribution >= 4 is 11.8 Å². The summed E-state index contributed by atoms with van der Waals surface area (Å²) in [5.41, 5.74) is 1.81. The molecule has 3 rings (SSSR count). The molecule has 0 aliphatic rings. The van der Waals surface area contributed by atoms with E-state index in [4.69, 9.17) is 4.74 Å². The fourth-order valence-corrected chi connectivity index (χ4v) is 3.50. The van der Waals surface area contributed by atoms with Crippen LogP contribution in [0.3, 0.4) is 0 Å². The second-order valence-electron chi connectivity index (χ2n) is 8.10. The number of hydrogen-bond acceptors (Lipinski definition) is 3. The summed E-state index contributed by atoms with van der Waals surface area (Å²) in [6, 6.07) is 24.1. The van der Waals surface area contributed by atoms with Crippen LogP contribution in [0.1, 0.15) is 25.0 Å². The van der Waals surface area contributed by atoms with E-state index in [1.807, 2.05) is 74.5 Å². The molecule has 3 aromatic carbocycles. The number of carbonyl (C=O) groups is 2. The molecular formula is C27H29FN2O3. The molecule has 0 radical (unpaired) electrons. The third kappa shape index (κ3) is 7.17. The summed E-state index contributed by atoms with van der Waals surface area (Å²) >= 11 is 0. The largest absolute Gasteiger partial charge is 0.481 e. The van der Waals surface area contributed by atoms with Gasteiger partial charge in [-0.3, -0.25) is 9.59 Å². The van der Waals surface area contributed by atoms with Gasteiger partial charge in [0.1, 0.15) is 6.04 Å². The van der Waals surface area contributed by atoms with E-state index in [2.05, 4.69) is 5.32 Å². The Morgan fingerprint density at radius 3 is 2.06 bits per heavy atom. The highest BCUT2D eigenvalue weighted by atomic mass is 19.1. The maximum atomic E-state index is 14.0. The van der Waals surface area contributed by atoms with Crippen molar-refractivity contribution in [3.63, 3.8) is 0 Å². The van der Waals surface area contributed by atoms with E-state index in [1.165, 1.54) is 17.0 Å². The molecule has 0 bridgehead atoms. The van der Waals surface area contributed by atoms with E-state index in [9.17, 15) is 14.0 Å². The van der Waals surface area contributed by atoms with Gasteiger partial charge in [0.25, 0.3) is 5.91 Å². The Hall–Kier alpha value is -3.67. The Kier molecular flexibility index (Phi) is 8.58. The Morgan fingerprint density at radius 2 is 1.45 bits per heavy atom. The zero-order valence-electron chi connectivity index (χ0n) is 18.9. The minimum atomic E-state index is -0.758. The van der Waals surface area contributed by atoms with Crippen LogP contribution in [0.5, 0.6) is 5.75 Å². The van der Waals surface area contributed by atoms with Gasteiger partial charge in [0, 0.05) is 19.0 Å². The van der Waals surface area contributed by atoms with Gasteiger partial charge >= 0.3 is 0 Å². The van der Waals surface area contributed by atoms with E-state index >= 15 is 0 Å². The summed E-state index contributed by atoms with van der Waals surface area (Å²) in [5, 5.41) is 2.93. The van der Waals surface area contributed by atoms with Crippen molar-refractivity contribution in [2.24, 2.45) is 0 Å². The summed E-state index contributed by atoms with van der Waals surface area (Å²) in [6.07, 6.45) is 0.345. The van der Waals surface area contributed by atoms with Gasteiger partial charge in [-0.2, -0.15) is 0 Å². The van der Waals surface area contributed by atoms with Crippen molar-refractivity contribution in [2.45, 2.75) is 38.9 Å². The molecular weight excluding hydrogens is 419 g/mol. The van der Waals surface area contributed by atoms with Crippen molar-refractivity contribution in [1.29, 1.82) is 0 Å². The molecule has 0 fully saturated rings. The first-order valence-electron chi connectivity index (χ1n) is 11.0. The minimum Gasteiger partial charge on any atom is -0.481 e. The number of para-hydroxylation sites is 1. The zero-order valence-corrected chi connectivity index (χ0v) is 18.9. The number of benzene rings is 3. The molecule has 0 heterocycles. The Labute approximate surface area is 194 Å². The molecule has 0 unspecified atom stereocenters. The predicted molar refractivity (Wildman–Crippen MR) is 126 cm³/mol. The van der Waals surface area contributed by atoms with Crippen LogP contribution in [0, 0.1) is 5.82 Å². The molecule has 1 N–H and O–H groups in total. The van der Waals surface area contributed by atoms with Gasteiger partial charge in [0.15, 0.2) is 18.2 Å². The summed E-state index contributed by atoms with van der Waals surface area (Å²) in [5.74, 6) is -1.19. The number of ether oxygens (including phenoxy) is 1. The summed E-state index contributed by atoms with van der Waals surface area (Å²) in [6.45, 7) is 3.60. The van der Waals surface area contributed by atoms with E-state index in [1.54, 1.807) is 12.1 Å². The minimum absolute atomic E-state index is 0.00301. The van der Waals surface area contributed by atoms with Crippen molar-refractivity contribution in [3.05, 3.63) is 102 Å². The van der Waals surface area contributed by atoms with Crippen LogP contribution in [0.2, 0.25) is 0 Å². The van der Waals surface area contributed by atoms with Crippen molar-refractivity contribution < 1.29 is 18.7 Å². The number of hydrogen-bond donors (Lipinski definition) is 1. The lowest BCUT2D eigenvalue weighted by Gasteiger charge is -2.32. The maximum Gasteiger partial charge on any atom is 0.261 e. The molecule has 2 amide bonds. The van der Waals surface area contributed by atoms with Crippen LogP contribution in [-0.4, -0.2) is 35.4 Å². The first kappa shape index (κ1) is 24.0. The fourth-order valence-electron chi connectivity index (χ4n) is 3.50. The Bertz CT molecular complexity index is 1040. The molecule has 0 aliphatic carbocycles. The summed E-state index contributed by atoms with van der Waals surface area (Å²) in [4.78, 5) is 28.1. The highest BCUT2D eigenvalue weighted by Crippen LogP contribution is 2.18. The van der Waals surface area contributed by atoms with E-state index in [-0.39, 0.29) is 30.9 Å². The Balaban J connectivity index is 1.89. The quantitative estimate of drug-likeness (QED) is 0.501. The molecule has 0 aromatic heterocycles. The molecule has 33 heavy (non-hydrogen) atoms. The zero-order chi connectivity index (χ0) is 23.6. The maximum absolute atomic E-state index is 14.0. The molecule has 3 aromatic rings. The SMILES string of the molecule is CC(C)NC(=O)[C@@H](Cc1ccccc1)N(Cc1ccccc1)C(=O)COc1ccccc1F. The second-order valence-corrected chi connectivity index (χ2v) is 8.10. The average Bonchev–Trinajstić information content (AvgIpc) is 2.81. The number of halogens is 1. The third-order valence-corrected chi connectivity index (χ3v) is 5.09. The molecule has 172 valence electrons. The fraction of sp³-hybridized carbons (Fsp3) is 0.259. The van der Waals surface area contributed by atoms with Crippen molar-refractivity contribution in [1.82, 2.24) is 10.2 Å². The van der Waals surface area contributed by atoms with Crippen LogP contribution in [0.15, 0.2) is 84.9 Å². The van der Waals surface area contributed by atoms with Crippen LogP contribution in [0.25, 0.3) is 0 Å². The number of nitrogens with one attached hydrogen (secondary N) is 1. The van der Waals surface area contributed by atoms with Gasteiger partial charge in [-0.15, -0.1) is 0 Å². The molecule has 0 aliphatic heterocycles. The number of nitrogens with zero attached hydrogens (tertiary/aromatic N) is 1. The molecule has 0 saturated heterocycles. The van der Waals surface area contributed by atoms with Gasteiger partial charge in [-0.05, 0) is 37.1 Å². The van der Waals surface area contributed by atoms with Crippen molar-refractivity contribution in [2.75, 3.05) is 6.61 Å². The van der Waals surface area contributed by atoms with Gasteiger partial charge in [-0.1, -0.05) is 72.8 Å². The molecule has 0 saturated carbocycles. The number of carbonyl (C=O) groups excluding carboxylic acids is 2. The van der Waals surface area contributed by atoms with E-state index in [0.29, 0.717) is 6.42 Å².